The summed E-state index contributed by atoms with van der Waals surface area (Å²) in [5.74, 6) is -0.902. The molecule has 0 spiro atoms. The molecule has 3 N–H and O–H groups in total. The highest BCUT2D eigenvalue weighted by atomic mass is 32.1. The molecule has 0 radical (unpaired) electrons. The molecule has 0 aliphatic heterocycles. The summed E-state index contributed by atoms with van der Waals surface area (Å²) in [7, 11) is 0. The van der Waals surface area contributed by atoms with Crippen LogP contribution in [0.5, 0.6) is 0 Å². The van der Waals surface area contributed by atoms with Crippen molar-refractivity contribution in [1.29, 1.82) is 0 Å². The number of hydrogen-bond acceptors (Lipinski definition) is 4. The third kappa shape index (κ3) is 2.76. The maximum Gasteiger partial charge on any atom is 0.347 e. The summed E-state index contributed by atoms with van der Waals surface area (Å²) >= 11 is 1.23. The van der Waals surface area contributed by atoms with Gasteiger partial charge in [0.1, 0.15) is 4.88 Å². The second kappa shape index (κ2) is 4.28. The van der Waals surface area contributed by atoms with Crippen molar-refractivity contribution < 1.29 is 9.90 Å². The number of rotatable bonds is 3. The summed E-state index contributed by atoms with van der Waals surface area (Å²) in [5, 5.41) is 9.86. The maximum absolute atomic E-state index is 11.0. The van der Waals surface area contributed by atoms with Gasteiger partial charge in [-0.2, -0.15) is 0 Å². The molecule has 0 amide bonds. The number of thiazole rings is 1. The van der Waals surface area contributed by atoms with Crippen LogP contribution in [0, 0.1) is 0 Å². The number of aromatic carboxylic acids is 1. The number of aromatic nitrogens is 1. The number of nitrogens with zero attached hydrogens (tertiary/aromatic N) is 1. The minimum atomic E-state index is -0.902. The van der Waals surface area contributed by atoms with Crippen molar-refractivity contribution in [3.05, 3.63) is 15.6 Å². The number of carbonyl (C=O) groups is 1. The highest BCUT2D eigenvalue weighted by Crippen LogP contribution is 2.29. The lowest BCUT2D eigenvalue weighted by molar-refractivity contribution is 0.0699. The largest absolute Gasteiger partial charge is 0.477 e. The molecule has 4 nitrogen and oxygen atoms in total. The van der Waals surface area contributed by atoms with Crippen LogP contribution in [0.1, 0.15) is 41.1 Å². The molecule has 84 valence electrons. The van der Waals surface area contributed by atoms with Gasteiger partial charge < -0.3 is 10.8 Å². The standard InChI is InChI=1S/C10H16N2O2S/c1-10(2,3)8-7(9(13)14)15-6(12-8)4-5-11/h4-5,11H2,1-3H3,(H,13,14). The molecule has 1 aromatic rings. The number of nitrogens with two attached hydrogens (primary N) is 1. The van der Waals surface area contributed by atoms with E-state index < -0.39 is 5.97 Å². The Balaban J connectivity index is 3.18. The molecule has 0 aliphatic carbocycles. The number of carboxylic acid groups (broad SMARTS) is 1. The van der Waals surface area contributed by atoms with Crippen molar-refractivity contribution in [2.45, 2.75) is 32.6 Å². The van der Waals surface area contributed by atoms with E-state index in [1.54, 1.807) is 0 Å². The molecule has 1 rings (SSSR count). The zero-order valence-corrected chi connectivity index (χ0v) is 10.0. The average molecular weight is 228 g/mol. The van der Waals surface area contributed by atoms with E-state index in [4.69, 9.17) is 10.8 Å². The van der Waals surface area contributed by atoms with Gasteiger partial charge in [-0.15, -0.1) is 11.3 Å². The van der Waals surface area contributed by atoms with E-state index in [2.05, 4.69) is 4.98 Å². The van der Waals surface area contributed by atoms with Crippen LogP contribution < -0.4 is 5.73 Å². The monoisotopic (exact) mass is 228 g/mol. The molecular formula is C10H16N2O2S. The molecular weight excluding hydrogens is 212 g/mol. The molecule has 0 unspecified atom stereocenters. The van der Waals surface area contributed by atoms with Crippen LogP contribution in [0.25, 0.3) is 0 Å². The Labute approximate surface area is 93.1 Å². The summed E-state index contributed by atoms with van der Waals surface area (Å²) < 4.78 is 0. The predicted octanol–water partition coefficient (Wildman–Crippen LogP) is 1.64. The van der Waals surface area contributed by atoms with Crippen LogP contribution in [0.2, 0.25) is 0 Å². The van der Waals surface area contributed by atoms with Crippen molar-refractivity contribution in [2.24, 2.45) is 5.73 Å². The third-order valence-corrected chi connectivity index (χ3v) is 3.04. The smallest absolute Gasteiger partial charge is 0.347 e. The summed E-state index contributed by atoms with van der Waals surface area (Å²) in [6.45, 7) is 6.37. The number of carboxylic acids is 1. The first-order valence-corrected chi connectivity index (χ1v) is 5.61. The molecule has 0 saturated heterocycles. The van der Waals surface area contributed by atoms with Gasteiger partial charge in [0.2, 0.25) is 0 Å². The van der Waals surface area contributed by atoms with Gasteiger partial charge in [0.05, 0.1) is 10.7 Å². The van der Waals surface area contributed by atoms with E-state index in [1.807, 2.05) is 20.8 Å². The lowest BCUT2D eigenvalue weighted by Crippen LogP contribution is -2.16. The topological polar surface area (TPSA) is 76.2 Å². The van der Waals surface area contributed by atoms with Gasteiger partial charge in [-0.25, -0.2) is 9.78 Å². The van der Waals surface area contributed by atoms with Gasteiger partial charge in [-0.1, -0.05) is 20.8 Å². The molecule has 15 heavy (non-hydrogen) atoms. The third-order valence-electron chi connectivity index (χ3n) is 1.93. The fraction of sp³-hybridized carbons (Fsp3) is 0.600. The van der Waals surface area contributed by atoms with Crippen molar-refractivity contribution in [2.75, 3.05) is 6.54 Å². The van der Waals surface area contributed by atoms with Gasteiger partial charge in [0.15, 0.2) is 0 Å². The van der Waals surface area contributed by atoms with Crippen molar-refractivity contribution in [3.8, 4) is 0 Å². The van der Waals surface area contributed by atoms with Crippen LogP contribution in [0.3, 0.4) is 0 Å². The Morgan fingerprint density at radius 1 is 1.53 bits per heavy atom. The van der Waals surface area contributed by atoms with Crippen LogP contribution >= 0.6 is 11.3 Å². The second-order valence-corrected chi connectivity index (χ2v) is 5.46. The van der Waals surface area contributed by atoms with Crippen molar-refractivity contribution >= 4 is 17.3 Å². The fourth-order valence-electron chi connectivity index (χ4n) is 1.25. The van der Waals surface area contributed by atoms with E-state index in [1.165, 1.54) is 11.3 Å². The predicted molar refractivity (Wildman–Crippen MR) is 60.5 cm³/mol. The minimum absolute atomic E-state index is 0.239. The molecule has 1 aromatic heterocycles. The van der Waals surface area contributed by atoms with E-state index in [0.717, 1.165) is 5.01 Å². The Bertz CT molecular complexity index is 366. The molecule has 5 heteroatoms. The number of hydrogen-bond donors (Lipinski definition) is 2. The highest BCUT2D eigenvalue weighted by molar-refractivity contribution is 7.13. The van der Waals surface area contributed by atoms with E-state index in [0.29, 0.717) is 23.5 Å². The average Bonchev–Trinajstić information content (AvgIpc) is 2.48. The fourth-order valence-corrected chi connectivity index (χ4v) is 2.38. The first-order valence-electron chi connectivity index (χ1n) is 4.79. The minimum Gasteiger partial charge on any atom is -0.477 e. The summed E-state index contributed by atoms with van der Waals surface area (Å²) in [6, 6.07) is 0. The van der Waals surface area contributed by atoms with Gasteiger partial charge >= 0.3 is 5.97 Å². The van der Waals surface area contributed by atoms with Crippen LogP contribution in [0.15, 0.2) is 0 Å². The SMILES string of the molecule is CC(C)(C)c1nc(CCN)sc1C(=O)O. The molecule has 0 bridgehead atoms. The first kappa shape index (κ1) is 12.1. The summed E-state index contributed by atoms with van der Waals surface area (Å²) in [6.07, 6.45) is 0.640. The van der Waals surface area contributed by atoms with Crippen LogP contribution in [0.4, 0.5) is 0 Å². The van der Waals surface area contributed by atoms with Gasteiger partial charge in [-0.05, 0) is 6.54 Å². The quantitative estimate of drug-likeness (QED) is 0.824. The van der Waals surface area contributed by atoms with Crippen molar-refractivity contribution in [3.63, 3.8) is 0 Å². The van der Waals surface area contributed by atoms with Crippen LogP contribution in [-0.2, 0) is 11.8 Å². The highest BCUT2D eigenvalue weighted by Gasteiger charge is 2.26. The van der Waals surface area contributed by atoms with Crippen LogP contribution in [-0.4, -0.2) is 22.6 Å². The van der Waals surface area contributed by atoms with Crippen molar-refractivity contribution in [1.82, 2.24) is 4.98 Å². The first-order chi connectivity index (χ1) is 6.86. The Kier molecular flexibility index (Phi) is 3.46. The Morgan fingerprint density at radius 3 is 2.47 bits per heavy atom. The maximum atomic E-state index is 11.0. The molecule has 0 aliphatic rings. The van der Waals surface area contributed by atoms with Gasteiger partial charge in [-0.3, -0.25) is 0 Å². The normalized spacial score (nSPS) is 11.7. The molecule has 0 aromatic carbocycles. The summed E-state index contributed by atoms with van der Waals surface area (Å²) in [4.78, 5) is 15.7. The van der Waals surface area contributed by atoms with Gasteiger partial charge in [0, 0.05) is 11.8 Å². The van der Waals surface area contributed by atoms with Gasteiger partial charge in [0.25, 0.3) is 0 Å². The second-order valence-electron chi connectivity index (χ2n) is 4.38. The zero-order valence-electron chi connectivity index (χ0n) is 9.20. The lowest BCUT2D eigenvalue weighted by Gasteiger charge is -2.15. The lowest BCUT2D eigenvalue weighted by atomic mass is 9.91. The molecule has 0 saturated carbocycles. The zero-order chi connectivity index (χ0) is 11.6. The molecule has 0 atom stereocenters. The van der Waals surface area contributed by atoms with E-state index >= 15 is 0 Å². The summed E-state index contributed by atoms with van der Waals surface area (Å²) in [5.41, 5.74) is 5.84. The Morgan fingerprint density at radius 2 is 2.13 bits per heavy atom. The molecule has 0 fully saturated rings. The van der Waals surface area contributed by atoms with E-state index in [9.17, 15) is 4.79 Å². The Hall–Kier alpha value is -0.940. The molecule has 1 heterocycles. The van der Waals surface area contributed by atoms with E-state index in [-0.39, 0.29) is 5.41 Å².